The van der Waals surface area contributed by atoms with Gasteiger partial charge in [0.2, 0.25) is 0 Å². The molecular formula is C3H10NO2S-. The monoisotopic (exact) mass is 124 g/mol. The number of hydrogen-bond acceptors (Lipinski definition) is 2. The third-order valence-electron chi connectivity index (χ3n) is 0.262. The highest BCUT2D eigenvalue weighted by Crippen LogP contribution is 1.56. The molecule has 0 rings (SSSR count). The van der Waals surface area contributed by atoms with E-state index in [0.717, 1.165) is 0 Å². The summed E-state index contributed by atoms with van der Waals surface area (Å²) < 4.78 is 21.1. The lowest BCUT2D eigenvalue weighted by atomic mass is 10.8. The van der Waals surface area contributed by atoms with E-state index in [0.29, 0.717) is 6.54 Å². The molecule has 0 radical (unpaired) electrons. The topological polar surface area (TPSA) is 52.2 Å². The van der Waals surface area contributed by atoms with Gasteiger partial charge in [-0.3, -0.25) is 4.21 Å². The zero-order valence-corrected chi connectivity index (χ0v) is 4.25. The van der Waals surface area contributed by atoms with E-state index in [1.807, 2.05) is 0 Å². The zero-order valence-electron chi connectivity index (χ0n) is 3.43. The maximum atomic E-state index is 9.49. The summed E-state index contributed by atoms with van der Waals surface area (Å²) in [6, 6.07) is 0. The number of nitrogens with one attached hydrogen (secondary N) is 1. The second-order valence-corrected chi connectivity index (χ2v) is 1.49. The average molecular weight is 124 g/mol. The first-order valence-corrected chi connectivity index (χ1v) is 2.67. The highest BCUT2D eigenvalue weighted by Gasteiger charge is 1.68. The van der Waals surface area contributed by atoms with Crippen molar-refractivity contribution < 1.29 is 8.76 Å². The molecule has 1 atom stereocenters. The maximum Gasteiger partial charge on any atom is 0.0180 e. The molecule has 0 saturated heterocycles. The van der Waals surface area contributed by atoms with Crippen LogP contribution in [-0.4, -0.2) is 15.3 Å². The Morgan fingerprint density at radius 1 is 1.86 bits per heavy atom. The van der Waals surface area contributed by atoms with Crippen molar-refractivity contribution in [1.82, 2.24) is 4.72 Å². The summed E-state index contributed by atoms with van der Waals surface area (Å²) in [5, 5.41) is 0. The van der Waals surface area contributed by atoms with Gasteiger partial charge in [0.25, 0.3) is 0 Å². The smallest absolute Gasteiger partial charge is 0.0180 e. The summed E-state index contributed by atoms with van der Waals surface area (Å²) in [5.74, 6) is 0. The fraction of sp³-hybridized carbons (Fsp3) is 1.00. The Bertz CT molecular complexity index is 56.9. The minimum Gasteiger partial charge on any atom is -0.760 e. The van der Waals surface area contributed by atoms with Crippen LogP contribution in [0.15, 0.2) is 0 Å². The summed E-state index contributed by atoms with van der Waals surface area (Å²) in [6.07, 6.45) is 0. The van der Waals surface area contributed by atoms with Crippen LogP contribution in [0.2, 0.25) is 0 Å². The van der Waals surface area contributed by atoms with Gasteiger partial charge in [0.05, 0.1) is 0 Å². The van der Waals surface area contributed by atoms with E-state index in [1.54, 1.807) is 6.92 Å². The number of hydrogen-bond donors (Lipinski definition) is 1. The first-order chi connectivity index (χ1) is 2.77. The van der Waals surface area contributed by atoms with E-state index in [1.165, 1.54) is 0 Å². The summed E-state index contributed by atoms with van der Waals surface area (Å²) in [4.78, 5) is 0. The highest BCUT2D eigenvalue weighted by atomic mass is 32.2. The van der Waals surface area contributed by atoms with E-state index in [9.17, 15) is 8.76 Å². The summed E-state index contributed by atoms with van der Waals surface area (Å²) in [7, 11) is 0. The molecule has 0 aliphatic heterocycles. The molecule has 0 heterocycles. The molecule has 0 aromatic rings. The van der Waals surface area contributed by atoms with Crippen LogP contribution in [0.1, 0.15) is 14.4 Å². The van der Waals surface area contributed by atoms with Gasteiger partial charge in [-0.15, -0.1) is 0 Å². The highest BCUT2D eigenvalue weighted by molar-refractivity contribution is 7.77. The van der Waals surface area contributed by atoms with Crippen molar-refractivity contribution in [2.45, 2.75) is 14.4 Å². The lowest BCUT2D eigenvalue weighted by Crippen LogP contribution is -2.14. The molecule has 0 aliphatic carbocycles. The largest absolute Gasteiger partial charge is 0.760 e. The lowest BCUT2D eigenvalue weighted by molar-refractivity contribution is 0.525. The van der Waals surface area contributed by atoms with Crippen LogP contribution in [0.3, 0.4) is 0 Å². The fourth-order valence-electron chi connectivity index (χ4n) is 0.118. The van der Waals surface area contributed by atoms with Crippen LogP contribution in [0.25, 0.3) is 0 Å². The quantitative estimate of drug-likeness (QED) is 0.528. The van der Waals surface area contributed by atoms with Gasteiger partial charge >= 0.3 is 0 Å². The van der Waals surface area contributed by atoms with Crippen molar-refractivity contribution in [1.29, 1.82) is 0 Å². The Morgan fingerprint density at radius 3 is 2.29 bits per heavy atom. The van der Waals surface area contributed by atoms with Crippen molar-refractivity contribution >= 4 is 11.3 Å². The molecule has 0 aromatic carbocycles. The summed E-state index contributed by atoms with van der Waals surface area (Å²) >= 11 is -2.07. The Labute approximate surface area is 46.5 Å². The molecule has 0 aromatic heterocycles. The lowest BCUT2D eigenvalue weighted by Gasteiger charge is -2.00. The molecule has 0 amide bonds. The standard InChI is InChI=1S/C2H7NO2S.CH4/c1-2-3-6(4)5;/h3H,2H2,1H3,(H,4,5);1H4/p-1. The second kappa shape index (κ2) is 6.07. The van der Waals surface area contributed by atoms with Crippen LogP contribution in [0, 0.1) is 0 Å². The first kappa shape index (κ1) is 10.1. The summed E-state index contributed by atoms with van der Waals surface area (Å²) in [6.45, 7) is 2.19. The second-order valence-electron chi connectivity index (χ2n) is 0.733. The average Bonchev–Trinajstić information content (AvgIpc) is 1.35. The Morgan fingerprint density at radius 2 is 2.29 bits per heavy atom. The van der Waals surface area contributed by atoms with E-state index in [4.69, 9.17) is 0 Å². The Kier molecular flexibility index (Phi) is 8.79. The van der Waals surface area contributed by atoms with E-state index < -0.39 is 11.3 Å². The molecular weight excluding hydrogens is 114 g/mol. The SMILES string of the molecule is C.CCNS(=O)[O-]. The van der Waals surface area contributed by atoms with Crippen molar-refractivity contribution in [2.24, 2.45) is 0 Å². The molecule has 1 N–H and O–H groups in total. The molecule has 1 unspecified atom stereocenters. The Hall–Kier alpha value is 0.0700. The molecule has 4 heteroatoms. The van der Waals surface area contributed by atoms with E-state index >= 15 is 0 Å². The van der Waals surface area contributed by atoms with Gasteiger partial charge in [0.1, 0.15) is 0 Å². The van der Waals surface area contributed by atoms with Gasteiger partial charge in [0, 0.05) is 17.8 Å². The van der Waals surface area contributed by atoms with Gasteiger partial charge in [0.15, 0.2) is 0 Å². The minimum atomic E-state index is -2.07. The molecule has 7 heavy (non-hydrogen) atoms. The van der Waals surface area contributed by atoms with Gasteiger partial charge < -0.3 is 4.55 Å². The molecule has 0 aliphatic rings. The van der Waals surface area contributed by atoms with Crippen molar-refractivity contribution in [3.05, 3.63) is 0 Å². The molecule has 46 valence electrons. The predicted molar refractivity (Wildman–Crippen MR) is 29.3 cm³/mol. The third-order valence-corrected chi connectivity index (χ3v) is 0.787. The van der Waals surface area contributed by atoms with Crippen molar-refractivity contribution in [2.75, 3.05) is 6.54 Å². The zero-order chi connectivity index (χ0) is 4.99. The third kappa shape index (κ3) is 10.7. The summed E-state index contributed by atoms with van der Waals surface area (Å²) in [5.41, 5.74) is 0. The van der Waals surface area contributed by atoms with Crippen LogP contribution < -0.4 is 4.72 Å². The van der Waals surface area contributed by atoms with Crippen LogP contribution >= 0.6 is 0 Å². The van der Waals surface area contributed by atoms with Gasteiger partial charge in [-0.05, 0) is 0 Å². The van der Waals surface area contributed by atoms with Crippen molar-refractivity contribution in [3.63, 3.8) is 0 Å². The molecule has 0 saturated carbocycles. The number of rotatable bonds is 2. The molecule has 0 fully saturated rings. The van der Waals surface area contributed by atoms with Crippen molar-refractivity contribution in [3.8, 4) is 0 Å². The van der Waals surface area contributed by atoms with E-state index in [-0.39, 0.29) is 7.43 Å². The van der Waals surface area contributed by atoms with Gasteiger partial charge in [-0.25, -0.2) is 4.72 Å². The maximum absolute atomic E-state index is 9.49. The van der Waals surface area contributed by atoms with Crippen LogP contribution in [0.4, 0.5) is 0 Å². The molecule has 0 bridgehead atoms. The first-order valence-electron chi connectivity index (χ1n) is 1.60. The fourth-order valence-corrected chi connectivity index (χ4v) is 0.354. The van der Waals surface area contributed by atoms with Crippen LogP contribution in [-0.2, 0) is 11.3 Å². The van der Waals surface area contributed by atoms with Gasteiger partial charge in [-0.2, -0.15) is 0 Å². The molecule has 3 nitrogen and oxygen atoms in total. The minimum absolute atomic E-state index is 0. The van der Waals surface area contributed by atoms with Gasteiger partial charge in [-0.1, -0.05) is 14.4 Å². The van der Waals surface area contributed by atoms with E-state index in [2.05, 4.69) is 4.72 Å². The Balaban J connectivity index is 0. The normalized spacial score (nSPS) is 12.3. The predicted octanol–water partition coefficient (Wildman–Crippen LogP) is 0.0261. The molecule has 0 spiro atoms. The van der Waals surface area contributed by atoms with Crippen LogP contribution in [0.5, 0.6) is 0 Å².